The maximum Gasteiger partial charge on any atom is 0.246 e. The second-order valence-electron chi connectivity index (χ2n) is 7.54. The summed E-state index contributed by atoms with van der Waals surface area (Å²) >= 11 is 7.91. The summed E-state index contributed by atoms with van der Waals surface area (Å²) in [5.74, 6) is -0.501. The first-order chi connectivity index (χ1) is 15.0. The molecule has 0 aliphatic carbocycles. The Balaban J connectivity index is 1.58. The summed E-state index contributed by atoms with van der Waals surface area (Å²) in [6, 6.07) is 5.64. The van der Waals surface area contributed by atoms with Crippen molar-refractivity contribution in [3.63, 3.8) is 0 Å². The molecule has 158 valence electrons. The second-order valence-corrected chi connectivity index (χ2v) is 8.70. The summed E-state index contributed by atoms with van der Waals surface area (Å²) in [4.78, 5) is 15.7. The van der Waals surface area contributed by atoms with Gasteiger partial charge in [0, 0.05) is 48.1 Å². The average molecular weight is 456 g/mol. The number of H-pyrrole nitrogens is 1. The number of aryl methyl sites for hydroxylation is 1. The lowest BCUT2D eigenvalue weighted by Crippen LogP contribution is -2.48. The van der Waals surface area contributed by atoms with Crippen LogP contribution in [0.4, 0.5) is 9.39 Å². The van der Waals surface area contributed by atoms with Crippen molar-refractivity contribution >= 4 is 55.8 Å². The lowest BCUT2D eigenvalue weighted by atomic mass is 9.95. The molecule has 1 amide bonds. The van der Waals surface area contributed by atoms with Gasteiger partial charge < -0.3 is 9.80 Å². The third-order valence-electron chi connectivity index (χ3n) is 5.78. The van der Waals surface area contributed by atoms with Gasteiger partial charge in [-0.15, -0.1) is 0 Å². The van der Waals surface area contributed by atoms with E-state index in [2.05, 4.69) is 26.0 Å². The molecule has 9 heteroatoms. The van der Waals surface area contributed by atoms with Crippen LogP contribution in [0.5, 0.6) is 0 Å². The van der Waals surface area contributed by atoms with Gasteiger partial charge in [0.05, 0.1) is 16.7 Å². The topological polar surface area (TPSA) is 65.1 Å². The Hall–Kier alpha value is -2.97. The summed E-state index contributed by atoms with van der Waals surface area (Å²) in [5, 5.41) is 9.73. The molecular weight excluding hydrogens is 437 g/mol. The SMILES string of the molecule is C=CC(=O)N1CCN(c2snc3c(F)c(-c4c(C)ccc5[nH]ncc45)c(Cl)cc23)CC1. The van der Waals surface area contributed by atoms with E-state index in [0.717, 1.165) is 27.0 Å². The van der Waals surface area contributed by atoms with Crippen LogP contribution in [0, 0.1) is 12.7 Å². The number of rotatable bonds is 3. The lowest BCUT2D eigenvalue weighted by molar-refractivity contribution is -0.126. The van der Waals surface area contributed by atoms with Crippen molar-refractivity contribution in [2.45, 2.75) is 6.92 Å². The molecule has 3 heterocycles. The van der Waals surface area contributed by atoms with Crippen molar-refractivity contribution in [2.24, 2.45) is 0 Å². The zero-order chi connectivity index (χ0) is 21.7. The van der Waals surface area contributed by atoms with Crippen LogP contribution in [0.3, 0.4) is 0 Å². The third kappa shape index (κ3) is 3.18. The Kier molecular flexibility index (Phi) is 4.91. The van der Waals surface area contributed by atoms with E-state index in [0.29, 0.717) is 47.7 Å². The molecule has 1 aliphatic rings. The minimum atomic E-state index is -0.428. The Bertz CT molecular complexity index is 1340. The Morgan fingerprint density at radius 3 is 2.77 bits per heavy atom. The first kappa shape index (κ1) is 20.0. The normalized spacial score (nSPS) is 14.5. The highest BCUT2D eigenvalue weighted by Crippen LogP contribution is 2.43. The Labute approximate surface area is 187 Å². The highest BCUT2D eigenvalue weighted by Gasteiger charge is 2.26. The molecule has 0 bridgehead atoms. The van der Waals surface area contributed by atoms with Gasteiger partial charge in [0.2, 0.25) is 5.91 Å². The number of anilines is 1. The van der Waals surface area contributed by atoms with Crippen molar-refractivity contribution in [2.75, 3.05) is 31.1 Å². The molecule has 0 radical (unpaired) electrons. The molecule has 1 fully saturated rings. The van der Waals surface area contributed by atoms with Gasteiger partial charge in [0.15, 0.2) is 5.82 Å². The number of nitrogens with one attached hydrogen (secondary N) is 1. The standard InChI is InChI=1S/C22H19ClFN5OS/c1-3-17(30)28-6-8-29(9-7-28)22-13-10-15(23)19(20(24)21(13)27-31-22)18-12(2)4-5-16-14(18)11-25-26-16/h3-5,10-11H,1,6-9H2,2H3,(H,25,26). The molecule has 1 aliphatic heterocycles. The smallest absolute Gasteiger partial charge is 0.246 e. The number of amides is 1. The number of aromatic amines is 1. The lowest BCUT2D eigenvalue weighted by Gasteiger charge is -2.34. The van der Waals surface area contributed by atoms with Gasteiger partial charge in [-0.25, -0.2) is 4.39 Å². The van der Waals surface area contributed by atoms with Crippen LogP contribution in [0.1, 0.15) is 5.56 Å². The van der Waals surface area contributed by atoms with E-state index in [9.17, 15) is 4.79 Å². The van der Waals surface area contributed by atoms with Gasteiger partial charge >= 0.3 is 0 Å². The van der Waals surface area contributed by atoms with Crippen molar-refractivity contribution in [3.8, 4) is 11.1 Å². The summed E-state index contributed by atoms with van der Waals surface area (Å²) in [6.45, 7) is 7.93. The van der Waals surface area contributed by atoms with E-state index >= 15 is 4.39 Å². The quantitative estimate of drug-likeness (QED) is 0.452. The summed E-state index contributed by atoms with van der Waals surface area (Å²) < 4.78 is 20.2. The zero-order valence-electron chi connectivity index (χ0n) is 16.8. The minimum absolute atomic E-state index is 0.0728. The molecule has 0 saturated carbocycles. The monoisotopic (exact) mass is 455 g/mol. The van der Waals surface area contributed by atoms with Crippen molar-refractivity contribution in [1.29, 1.82) is 0 Å². The molecule has 1 N–H and O–H groups in total. The molecule has 0 spiro atoms. The van der Waals surface area contributed by atoms with Crippen molar-refractivity contribution in [3.05, 3.63) is 53.5 Å². The second kappa shape index (κ2) is 7.62. The van der Waals surface area contributed by atoms with E-state index in [1.807, 2.05) is 19.1 Å². The molecule has 6 nitrogen and oxygen atoms in total. The summed E-state index contributed by atoms with van der Waals surface area (Å²) in [5.41, 5.74) is 3.11. The Morgan fingerprint density at radius 2 is 2.03 bits per heavy atom. The number of aromatic nitrogens is 3. The van der Waals surface area contributed by atoms with E-state index < -0.39 is 5.82 Å². The van der Waals surface area contributed by atoms with Crippen LogP contribution >= 0.6 is 23.1 Å². The predicted octanol–water partition coefficient (Wildman–Crippen LogP) is 4.78. The average Bonchev–Trinajstić information content (AvgIpc) is 3.42. The molecule has 4 aromatic rings. The molecular formula is C22H19ClFN5OS. The predicted molar refractivity (Wildman–Crippen MR) is 123 cm³/mol. The number of fused-ring (bicyclic) bond motifs is 2. The fraction of sp³-hybridized carbons (Fsp3) is 0.227. The number of nitrogens with zero attached hydrogens (tertiary/aromatic N) is 4. The van der Waals surface area contributed by atoms with Gasteiger partial charge in [-0.05, 0) is 42.2 Å². The maximum absolute atomic E-state index is 15.8. The van der Waals surface area contributed by atoms with Gasteiger partial charge in [-0.1, -0.05) is 24.2 Å². The van der Waals surface area contributed by atoms with E-state index in [1.54, 1.807) is 17.2 Å². The number of hydrogen-bond donors (Lipinski definition) is 1. The van der Waals surface area contributed by atoms with Crippen LogP contribution in [0.15, 0.2) is 37.1 Å². The largest absolute Gasteiger partial charge is 0.358 e. The summed E-state index contributed by atoms with van der Waals surface area (Å²) in [6.07, 6.45) is 3.02. The highest BCUT2D eigenvalue weighted by atomic mass is 35.5. The molecule has 2 aromatic heterocycles. The number of piperazine rings is 1. The van der Waals surface area contributed by atoms with Crippen LogP contribution in [-0.4, -0.2) is 51.6 Å². The number of hydrogen-bond acceptors (Lipinski definition) is 5. The number of benzene rings is 2. The maximum atomic E-state index is 15.8. The molecule has 2 aromatic carbocycles. The molecule has 0 atom stereocenters. The third-order valence-corrected chi connectivity index (χ3v) is 7.00. The van der Waals surface area contributed by atoms with Crippen LogP contribution in [0.25, 0.3) is 32.9 Å². The van der Waals surface area contributed by atoms with E-state index in [1.165, 1.54) is 17.6 Å². The fourth-order valence-electron chi connectivity index (χ4n) is 4.17. The van der Waals surface area contributed by atoms with Crippen molar-refractivity contribution in [1.82, 2.24) is 19.5 Å². The van der Waals surface area contributed by atoms with Gasteiger partial charge in [-0.2, -0.15) is 9.47 Å². The molecule has 0 unspecified atom stereocenters. The van der Waals surface area contributed by atoms with Crippen LogP contribution in [0.2, 0.25) is 5.02 Å². The van der Waals surface area contributed by atoms with Gasteiger partial charge in [-0.3, -0.25) is 9.89 Å². The molecule has 1 saturated heterocycles. The molecule has 5 rings (SSSR count). The van der Waals surface area contributed by atoms with E-state index in [4.69, 9.17) is 11.6 Å². The number of carbonyl (C=O) groups excluding carboxylic acids is 1. The van der Waals surface area contributed by atoms with Gasteiger partial charge in [0.1, 0.15) is 10.5 Å². The molecule has 31 heavy (non-hydrogen) atoms. The van der Waals surface area contributed by atoms with Crippen LogP contribution < -0.4 is 4.90 Å². The van der Waals surface area contributed by atoms with Crippen molar-refractivity contribution < 1.29 is 9.18 Å². The highest BCUT2D eigenvalue weighted by molar-refractivity contribution is 7.11. The first-order valence-corrected chi connectivity index (χ1v) is 11.0. The van der Waals surface area contributed by atoms with Crippen LogP contribution in [-0.2, 0) is 4.79 Å². The minimum Gasteiger partial charge on any atom is -0.358 e. The summed E-state index contributed by atoms with van der Waals surface area (Å²) in [7, 11) is 0. The zero-order valence-corrected chi connectivity index (χ0v) is 18.4. The Morgan fingerprint density at radius 1 is 1.26 bits per heavy atom. The number of halogens is 2. The van der Waals surface area contributed by atoms with E-state index in [-0.39, 0.29) is 5.91 Å². The number of carbonyl (C=O) groups is 1. The first-order valence-electron chi connectivity index (χ1n) is 9.86. The van der Waals surface area contributed by atoms with Gasteiger partial charge in [0.25, 0.3) is 0 Å². The fourth-order valence-corrected chi connectivity index (χ4v) is 5.37.